The van der Waals surface area contributed by atoms with E-state index in [1.54, 1.807) is 6.07 Å². The molecule has 1 aromatic carbocycles. The van der Waals surface area contributed by atoms with Crippen LogP contribution in [0.5, 0.6) is 0 Å². The molecule has 1 amide bonds. The van der Waals surface area contributed by atoms with Gasteiger partial charge in [-0.05, 0) is 31.4 Å². The molecule has 5 heteroatoms. The Bertz CT molecular complexity index is 568. The number of halogens is 1. The number of anilines is 1. The molecule has 1 aliphatic heterocycles. The minimum Gasteiger partial charge on any atom is -0.378 e. The van der Waals surface area contributed by atoms with Crippen molar-refractivity contribution in [2.24, 2.45) is 5.92 Å². The van der Waals surface area contributed by atoms with Crippen molar-refractivity contribution in [2.75, 3.05) is 31.6 Å². The number of nitrogens with one attached hydrogen (secondary N) is 1. The van der Waals surface area contributed by atoms with E-state index < -0.39 is 0 Å². The number of carbonyl (C=O) groups is 1. The predicted molar refractivity (Wildman–Crippen MR) is 87.9 cm³/mol. The Morgan fingerprint density at radius 2 is 2.05 bits per heavy atom. The highest BCUT2D eigenvalue weighted by atomic mass is 35.5. The maximum Gasteiger partial charge on any atom is 0.233 e. The van der Waals surface area contributed by atoms with Crippen molar-refractivity contribution in [3.05, 3.63) is 41.1 Å². The molecule has 0 spiro atoms. The maximum atomic E-state index is 12.7. The largest absolute Gasteiger partial charge is 0.378 e. The van der Waals surface area contributed by atoms with Gasteiger partial charge in [0.2, 0.25) is 5.91 Å². The minimum absolute atomic E-state index is 0.0329. The van der Waals surface area contributed by atoms with Crippen molar-refractivity contribution in [3.63, 3.8) is 0 Å². The number of para-hydroxylation sites is 1. The number of ether oxygens (including phenoxy) is 1. The number of benzene rings is 1. The van der Waals surface area contributed by atoms with Crippen LogP contribution in [0.2, 0.25) is 5.02 Å². The zero-order valence-corrected chi connectivity index (χ0v) is 13.3. The number of morpholine rings is 1. The second-order valence-electron chi connectivity index (χ2n) is 5.68. The van der Waals surface area contributed by atoms with Crippen LogP contribution in [0.15, 0.2) is 36.0 Å². The number of nitrogens with zero attached hydrogens (tertiary/aromatic N) is 1. The third-order valence-corrected chi connectivity index (χ3v) is 4.56. The standard InChI is InChI=1S/C17H21ClN2O2/c18-14-6-2-3-7-15(14)19-17(21)13-5-1-4-8-16(13)20-9-11-22-12-10-20/h2-3,6-8,13H,1,4-5,9-12H2,(H,19,21). The summed E-state index contributed by atoms with van der Waals surface area (Å²) in [6, 6.07) is 7.36. The molecule has 0 bridgehead atoms. The van der Waals surface area contributed by atoms with Gasteiger partial charge in [0.25, 0.3) is 0 Å². The van der Waals surface area contributed by atoms with E-state index in [1.807, 2.05) is 18.2 Å². The van der Waals surface area contributed by atoms with Gasteiger partial charge in [0, 0.05) is 18.8 Å². The van der Waals surface area contributed by atoms with Crippen LogP contribution in [0.25, 0.3) is 0 Å². The van der Waals surface area contributed by atoms with E-state index in [4.69, 9.17) is 16.3 Å². The Balaban J connectivity index is 1.73. The first-order chi connectivity index (χ1) is 10.8. The lowest BCUT2D eigenvalue weighted by Gasteiger charge is -2.36. The zero-order valence-electron chi connectivity index (χ0n) is 12.6. The lowest BCUT2D eigenvalue weighted by Crippen LogP contribution is -2.41. The lowest BCUT2D eigenvalue weighted by molar-refractivity contribution is -0.119. The summed E-state index contributed by atoms with van der Waals surface area (Å²) in [7, 11) is 0. The Morgan fingerprint density at radius 1 is 1.27 bits per heavy atom. The van der Waals surface area contributed by atoms with Crippen LogP contribution in [-0.4, -0.2) is 37.1 Å². The first-order valence-corrected chi connectivity index (χ1v) is 8.21. The third-order valence-electron chi connectivity index (χ3n) is 4.23. The van der Waals surface area contributed by atoms with E-state index in [0.717, 1.165) is 51.3 Å². The molecule has 0 radical (unpaired) electrons. The zero-order chi connectivity index (χ0) is 15.4. The van der Waals surface area contributed by atoms with Crippen LogP contribution in [0.3, 0.4) is 0 Å². The van der Waals surface area contributed by atoms with Crippen molar-refractivity contribution >= 4 is 23.2 Å². The molecule has 0 saturated carbocycles. The predicted octanol–water partition coefficient (Wildman–Crippen LogP) is 3.29. The summed E-state index contributed by atoms with van der Waals surface area (Å²) in [5.41, 5.74) is 1.83. The summed E-state index contributed by atoms with van der Waals surface area (Å²) >= 11 is 6.14. The fraction of sp³-hybridized carbons (Fsp3) is 0.471. The van der Waals surface area contributed by atoms with Crippen LogP contribution in [-0.2, 0) is 9.53 Å². The molecule has 0 aromatic heterocycles. The summed E-state index contributed by atoms with van der Waals surface area (Å²) in [6.07, 6.45) is 5.20. The molecule has 2 aliphatic rings. The number of amides is 1. The molecule has 1 atom stereocenters. The van der Waals surface area contributed by atoms with Gasteiger partial charge in [-0.3, -0.25) is 4.79 Å². The highest BCUT2D eigenvalue weighted by molar-refractivity contribution is 6.33. The minimum atomic E-state index is -0.0943. The van der Waals surface area contributed by atoms with E-state index in [-0.39, 0.29) is 11.8 Å². The normalized spacial score (nSPS) is 22.1. The molecule has 1 N–H and O–H groups in total. The average Bonchev–Trinajstić information content (AvgIpc) is 2.58. The van der Waals surface area contributed by atoms with Gasteiger partial charge in [-0.2, -0.15) is 0 Å². The van der Waals surface area contributed by atoms with E-state index in [0.29, 0.717) is 10.7 Å². The number of rotatable bonds is 3. The van der Waals surface area contributed by atoms with E-state index in [1.165, 1.54) is 0 Å². The average molecular weight is 321 g/mol. The van der Waals surface area contributed by atoms with Crippen LogP contribution < -0.4 is 5.32 Å². The second kappa shape index (κ2) is 7.16. The van der Waals surface area contributed by atoms with Crippen LogP contribution >= 0.6 is 11.6 Å². The van der Waals surface area contributed by atoms with Crippen molar-refractivity contribution in [2.45, 2.75) is 19.3 Å². The van der Waals surface area contributed by atoms with Gasteiger partial charge in [0.1, 0.15) is 0 Å². The Morgan fingerprint density at radius 3 is 2.82 bits per heavy atom. The molecule has 1 heterocycles. The highest BCUT2D eigenvalue weighted by Crippen LogP contribution is 2.30. The molecule has 1 fully saturated rings. The lowest BCUT2D eigenvalue weighted by atomic mass is 9.90. The summed E-state index contributed by atoms with van der Waals surface area (Å²) in [5.74, 6) is -0.0614. The van der Waals surface area contributed by atoms with Gasteiger partial charge in [-0.1, -0.05) is 29.8 Å². The summed E-state index contributed by atoms with van der Waals surface area (Å²) < 4.78 is 5.41. The van der Waals surface area contributed by atoms with Gasteiger partial charge in [-0.25, -0.2) is 0 Å². The first kappa shape index (κ1) is 15.4. The second-order valence-corrected chi connectivity index (χ2v) is 6.09. The fourth-order valence-electron chi connectivity index (χ4n) is 3.08. The summed E-state index contributed by atoms with van der Waals surface area (Å²) in [4.78, 5) is 15.0. The molecule has 4 nitrogen and oxygen atoms in total. The van der Waals surface area contributed by atoms with Crippen molar-refractivity contribution in [1.82, 2.24) is 4.90 Å². The van der Waals surface area contributed by atoms with E-state index in [2.05, 4.69) is 16.3 Å². The SMILES string of the molecule is O=C(Nc1ccccc1Cl)C1CCCC=C1N1CCOCC1. The third kappa shape index (κ3) is 3.45. The summed E-state index contributed by atoms with van der Waals surface area (Å²) in [5, 5.41) is 3.55. The van der Waals surface area contributed by atoms with Crippen LogP contribution in [0.1, 0.15) is 19.3 Å². The topological polar surface area (TPSA) is 41.6 Å². The molecular formula is C17H21ClN2O2. The quantitative estimate of drug-likeness (QED) is 0.929. The van der Waals surface area contributed by atoms with Gasteiger partial charge >= 0.3 is 0 Å². The molecule has 1 saturated heterocycles. The monoisotopic (exact) mass is 320 g/mol. The van der Waals surface area contributed by atoms with Crippen molar-refractivity contribution in [3.8, 4) is 0 Å². The van der Waals surface area contributed by atoms with Gasteiger partial charge < -0.3 is 15.0 Å². The highest BCUT2D eigenvalue weighted by Gasteiger charge is 2.29. The van der Waals surface area contributed by atoms with Gasteiger partial charge in [0.05, 0.1) is 29.8 Å². The Hall–Kier alpha value is -1.52. The first-order valence-electron chi connectivity index (χ1n) is 7.84. The van der Waals surface area contributed by atoms with Crippen LogP contribution in [0.4, 0.5) is 5.69 Å². The summed E-state index contributed by atoms with van der Waals surface area (Å²) in [6.45, 7) is 3.19. The van der Waals surface area contributed by atoms with Crippen molar-refractivity contribution in [1.29, 1.82) is 0 Å². The molecule has 1 aromatic rings. The van der Waals surface area contributed by atoms with Crippen LogP contribution in [0, 0.1) is 5.92 Å². The molecule has 22 heavy (non-hydrogen) atoms. The molecule has 118 valence electrons. The molecule has 1 unspecified atom stereocenters. The number of hydrogen-bond acceptors (Lipinski definition) is 3. The smallest absolute Gasteiger partial charge is 0.233 e. The molecular weight excluding hydrogens is 300 g/mol. The van der Waals surface area contributed by atoms with Crippen molar-refractivity contribution < 1.29 is 9.53 Å². The molecule has 3 rings (SSSR count). The van der Waals surface area contributed by atoms with Gasteiger partial charge in [-0.15, -0.1) is 0 Å². The Kier molecular flexibility index (Phi) is 5.01. The Labute approximate surface area is 136 Å². The maximum absolute atomic E-state index is 12.7. The molecule has 1 aliphatic carbocycles. The van der Waals surface area contributed by atoms with E-state index in [9.17, 15) is 4.79 Å². The number of carbonyl (C=O) groups excluding carboxylic acids is 1. The number of hydrogen-bond donors (Lipinski definition) is 1. The van der Waals surface area contributed by atoms with Gasteiger partial charge in [0.15, 0.2) is 0 Å². The van der Waals surface area contributed by atoms with E-state index >= 15 is 0 Å². The number of allylic oxidation sites excluding steroid dienone is 1. The fourth-order valence-corrected chi connectivity index (χ4v) is 3.26.